The van der Waals surface area contributed by atoms with Gasteiger partial charge in [-0.2, -0.15) is 0 Å². The highest BCUT2D eigenvalue weighted by Gasteiger charge is 2.09. The largest absolute Gasteiger partial charge is 0.491 e. The number of nitrogens with zero attached hydrogens (tertiary/aromatic N) is 1. The Balaban J connectivity index is 2.22. The van der Waals surface area contributed by atoms with Crippen LogP contribution in [0, 0.1) is 6.92 Å². The Morgan fingerprint density at radius 1 is 1.37 bits per heavy atom. The first-order chi connectivity index (χ1) is 9.10. The van der Waals surface area contributed by atoms with Crippen molar-refractivity contribution in [1.82, 2.24) is 4.98 Å². The molecule has 0 bridgehead atoms. The highest BCUT2D eigenvalue weighted by Crippen LogP contribution is 2.26. The molecule has 4 heteroatoms. The highest BCUT2D eigenvalue weighted by molar-refractivity contribution is 5.57. The SMILES string of the molecule is Cc1cc(-c2nc(CCN)co2)ccc1OC(C)C. The van der Waals surface area contributed by atoms with E-state index in [2.05, 4.69) is 4.98 Å². The molecule has 0 aliphatic rings. The lowest BCUT2D eigenvalue weighted by Gasteiger charge is -2.12. The van der Waals surface area contributed by atoms with Gasteiger partial charge in [0.05, 0.1) is 11.8 Å². The van der Waals surface area contributed by atoms with Crippen molar-refractivity contribution >= 4 is 0 Å². The fourth-order valence-corrected chi connectivity index (χ4v) is 1.87. The zero-order valence-corrected chi connectivity index (χ0v) is 11.6. The molecule has 1 aromatic heterocycles. The second-order valence-corrected chi connectivity index (χ2v) is 4.83. The molecule has 2 rings (SSSR count). The molecule has 0 spiro atoms. The van der Waals surface area contributed by atoms with Gasteiger partial charge in [-0.05, 0) is 51.1 Å². The first kappa shape index (κ1) is 13.6. The first-order valence-corrected chi connectivity index (χ1v) is 6.52. The number of hydrogen-bond donors (Lipinski definition) is 1. The van der Waals surface area contributed by atoms with Gasteiger partial charge in [-0.1, -0.05) is 0 Å². The summed E-state index contributed by atoms with van der Waals surface area (Å²) in [5.41, 5.74) is 8.42. The normalized spacial score (nSPS) is 11.0. The number of oxazole rings is 1. The van der Waals surface area contributed by atoms with E-state index in [9.17, 15) is 0 Å². The van der Waals surface area contributed by atoms with Crippen LogP contribution in [0.1, 0.15) is 25.1 Å². The zero-order chi connectivity index (χ0) is 13.8. The van der Waals surface area contributed by atoms with Gasteiger partial charge in [0.25, 0.3) is 0 Å². The fourth-order valence-electron chi connectivity index (χ4n) is 1.87. The quantitative estimate of drug-likeness (QED) is 0.897. The summed E-state index contributed by atoms with van der Waals surface area (Å²) >= 11 is 0. The maximum Gasteiger partial charge on any atom is 0.226 e. The zero-order valence-electron chi connectivity index (χ0n) is 11.6. The Labute approximate surface area is 113 Å². The number of nitrogens with two attached hydrogens (primary N) is 1. The van der Waals surface area contributed by atoms with Crippen molar-refractivity contribution in [3.05, 3.63) is 35.7 Å². The van der Waals surface area contributed by atoms with Crippen LogP contribution in [0.4, 0.5) is 0 Å². The minimum atomic E-state index is 0.169. The number of aryl methyl sites for hydroxylation is 1. The molecule has 4 nitrogen and oxygen atoms in total. The lowest BCUT2D eigenvalue weighted by atomic mass is 10.1. The predicted octanol–water partition coefficient (Wildman–Crippen LogP) is 2.94. The molecule has 1 aromatic carbocycles. The lowest BCUT2D eigenvalue weighted by Crippen LogP contribution is -2.06. The van der Waals surface area contributed by atoms with Gasteiger partial charge in [-0.15, -0.1) is 0 Å². The van der Waals surface area contributed by atoms with Crippen LogP contribution in [0.2, 0.25) is 0 Å². The van der Waals surface area contributed by atoms with Gasteiger partial charge in [0.15, 0.2) is 0 Å². The molecule has 0 fully saturated rings. The monoisotopic (exact) mass is 260 g/mol. The Hall–Kier alpha value is -1.81. The van der Waals surface area contributed by atoms with Crippen molar-refractivity contribution in [3.63, 3.8) is 0 Å². The van der Waals surface area contributed by atoms with E-state index in [0.29, 0.717) is 12.4 Å². The molecule has 1 heterocycles. The van der Waals surface area contributed by atoms with Crippen LogP contribution in [0.25, 0.3) is 11.5 Å². The van der Waals surface area contributed by atoms with Crippen molar-refractivity contribution in [2.45, 2.75) is 33.3 Å². The average molecular weight is 260 g/mol. The minimum absolute atomic E-state index is 0.169. The summed E-state index contributed by atoms with van der Waals surface area (Å²) in [5, 5.41) is 0. The molecule has 0 amide bonds. The van der Waals surface area contributed by atoms with Crippen molar-refractivity contribution in [2.75, 3.05) is 6.54 Å². The fraction of sp³-hybridized carbons (Fsp3) is 0.400. The molecular weight excluding hydrogens is 240 g/mol. The maximum absolute atomic E-state index is 5.71. The summed E-state index contributed by atoms with van der Waals surface area (Å²) in [6.07, 6.45) is 2.56. The van der Waals surface area contributed by atoms with Gasteiger partial charge in [-0.25, -0.2) is 4.98 Å². The van der Waals surface area contributed by atoms with E-state index in [0.717, 1.165) is 29.0 Å². The summed E-state index contributed by atoms with van der Waals surface area (Å²) in [5.74, 6) is 1.52. The van der Waals surface area contributed by atoms with Crippen LogP contribution in [0.5, 0.6) is 5.75 Å². The molecule has 0 aliphatic carbocycles. The van der Waals surface area contributed by atoms with Gasteiger partial charge in [0.1, 0.15) is 12.0 Å². The molecular formula is C15H20N2O2. The van der Waals surface area contributed by atoms with E-state index in [1.165, 1.54) is 0 Å². The minimum Gasteiger partial charge on any atom is -0.491 e. The van der Waals surface area contributed by atoms with Crippen molar-refractivity contribution in [2.24, 2.45) is 5.73 Å². The van der Waals surface area contributed by atoms with E-state index in [4.69, 9.17) is 14.9 Å². The summed E-state index contributed by atoms with van der Waals surface area (Å²) in [6, 6.07) is 5.94. The molecule has 0 unspecified atom stereocenters. The highest BCUT2D eigenvalue weighted by atomic mass is 16.5. The standard InChI is InChI=1S/C15H20N2O2/c1-10(2)19-14-5-4-12(8-11(14)3)15-17-13(6-7-16)9-18-15/h4-5,8-10H,6-7,16H2,1-3H3. The van der Waals surface area contributed by atoms with Crippen LogP contribution in [-0.2, 0) is 6.42 Å². The Morgan fingerprint density at radius 3 is 2.79 bits per heavy atom. The van der Waals surface area contributed by atoms with E-state index in [1.54, 1.807) is 6.26 Å². The Kier molecular flexibility index (Phi) is 4.22. The number of rotatable bonds is 5. The lowest BCUT2D eigenvalue weighted by molar-refractivity contribution is 0.241. The summed E-state index contributed by atoms with van der Waals surface area (Å²) in [7, 11) is 0. The van der Waals surface area contributed by atoms with Crippen LogP contribution >= 0.6 is 0 Å². The van der Waals surface area contributed by atoms with Crippen molar-refractivity contribution in [1.29, 1.82) is 0 Å². The van der Waals surface area contributed by atoms with E-state index < -0.39 is 0 Å². The van der Waals surface area contributed by atoms with Crippen molar-refractivity contribution in [3.8, 4) is 17.2 Å². The summed E-state index contributed by atoms with van der Waals surface area (Å²) < 4.78 is 11.2. The summed E-state index contributed by atoms with van der Waals surface area (Å²) in [4.78, 5) is 4.41. The Morgan fingerprint density at radius 2 is 2.16 bits per heavy atom. The topological polar surface area (TPSA) is 61.3 Å². The molecule has 19 heavy (non-hydrogen) atoms. The third-order valence-electron chi connectivity index (χ3n) is 2.74. The second kappa shape index (κ2) is 5.89. The second-order valence-electron chi connectivity index (χ2n) is 4.83. The molecule has 0 atom stereocenters. The third-order valence-corrected chi connectivity index (χ3v) is 2.74. The Bertz CT molecular complexity index is 547. The summed E-state index contributed by atoms with van der Waals surface area (Å²) in [6.45, 7) is 6.62. The number of aromatic nitrogens is 1. The van der Waals surface area contributed by atoms with Crippen LogP contribution in [-0.4, -0.2) is 17.6 Å². The van der Waals surface area contributed by atoms with Gasteiger partial charge >= 0.3 is 0 Å². The van der Waals surface area contributed by atoms with E-state index >= 15 is 0 Å². The van der Waals surface area contributed by atoms with E-state index in [-0.39, 0.29) is 6.10 Å². The molecule has 2 aromatic rings. The smallest absolute Gasteiger partial charge is 0.226 e. The predicted molar refractivity (Wildman–Crippen MR) is 75.2 cm³/mol. The van der Waals surface area contributed by atoms with E-state index in [1.807, 2.05) is 39.0 Å². The molecule has 0 aliphatic heterocycles. The first-order valence-electron chi connectivity index (χ1n) is 6.52. The van der Waals surface area contributed by atoms with Gasteiger partial charge in [-0.3, -0.25) is 0 Å². The molecule has 0 saturated heterocycles. The van der Waals surface area contributed by atoms with Crippen LogP contribution in [0.3, 0.4) is 0 Å². The average Bonchev–Trinajstić information content (AvgIpc) is 2.80. The van der Waals surface area contributed by atoms with Gasteiger partial charge in [0, 0.05) is 12.0 Å². The third kappa shape index (κ3) is 3.35. The molecule has 0 saturated carbocycles. The molecule has 102 valence electrons. The number of benzene rings is 1. The number of hydrogen-bond acceptors (Lipinski definition) is 4. The van der Waals surface area contributed by atoms with Gasteiger partial charge in [0.2, 0.25) is 5.89 Å². The van der Waals surface area contributed by atoms with Crippen LogP contribution in [0.15, 0.2) is 28.9 Å². The van der Waals surface area contributed by atoms with Crippen molar-refractivity contribution < 1.29 is 9.15 Å². The van der Waals surface area contributed by atoms with Gasteiger partial charge < -0.3 is 14.9 Å². The maximum atomic E-state index is 5.71. The molecule has 0 radical (unpaired) electrons. The molecule has 2 N–H and O–H groups in total. The van der Waals surface area contributed by atoms with Crippen LogP contribution < -0.4 is 10.5 Å². The number of ether oxygens (including phenoxy) is 1.